The molecule has 0 atom stereocenters. The van der Waals surface area contributed by atoms with Gasteiger partial charge in [0, 0.05) is 18.4 Å². The van der Waals surface area contributed by atoms with E-state index in [4.69, 9.17) is 4.74 Å². The minimum absolute atomic E-state index is 0.0805. The Morgan fingerprint density at radius 3 is 2.58 bits per heavy atom. The molecule has 1 rings (SSSR count). The van der Waals surface area contributed by atoms with E-state index in [1.807, 2.05) is 0 Å². The number of nitrogens with one attached hydrogen (secondary N) is 1. The number of carbonyl (C=O) groups is 1. The predicted molar refractivity (Wildman–Crippen MR) is 75.2 cm³/mol. The van der Waals surface area contributed by atoms with Crippen LogP contribution in [0.1, 0.15) is 32.6 Å². The molecule has 106 valence electrons. The standard InChI is InChI=1S/C15H23NO3/c1-4-9-19-14(16-13(3)18)10-12(2)15(11-17)7-5-6-8-15/h4,10,17H,1-2,5-9,11H2,3H3,(H,16,18)/b14-10-. The average Bonchev–Trinajstić information content (AvgIpc) is 2.85. The highest BCUT2D eigenvalue weighted by Gasteiger charge is 2.35. The molecule has 0 aliphatic heterocycles. The molecule has 1 aliphatic rings. The van der Waals surface area contributed by atoms with Crippen LogP contribution in [0.25, 0.3) is 0 Å². The lowest BCUT2D eigenvalue weighted by Crippen LogP contribution is -2.26. The Morgan fingerprint density at radius 2 is 2.11 bits per heavy atom. The van der Waals surface area contributed by atoms with Crippen molar-refractivity contribution < 1.29 is 14.6 Å². The van der Waals surface area contributed by atoms with Crippen LogP contribution in [-0.2, 0) is 9.53 Å². The van der Waals surface area contributed by atoms with E-state index in [0.29, 0.717) is 12.5 Å². The molecule has 4 heteroatoms. The first-order chi connectivity index (χ1) is 9.04. The van der Waals surface area contributed by atoms with Gasteiger partial charge in [-0.1, -0.05) is 32.1 Å². The summed E-state index contributed by atoms with van der Waals surface area (Å²) in [6, 6.07) is 0. The molecule has 0 heterocycles. The fraction of sp³-hybridized carbons (Fsp3) is 0.533. The summed E-state index contributed by atoms with van der Waals surface area (Å²) in [5.41, 5.74) is 0.543. The highest BCUT2D eigenvalue weighted by Crippen LogP contribution is 2.43. The maximum Gasteiger partial charge on any atom is 0.223 e. The second-order valence-corrected chi connectivity index (χ2v) is 4.96. The van der Waals surface area contributed by atoms with Gasteiger partial charge >= 0.3 is 0 Å². The maximum atomic E-state index is 11.1. The van der Waals surface area contributed by atoms with Crippen LogP contribution in [0.4, 0.5) is 0 Å². The highest BCUT2D eigenvalue weighted by molar-refractivity contribution is 5.74. The van der Waals surface area contributed by atoms with Crippen molar-refractivity contribution in [2.24, 2.45) is 5.41 Å². The summed E-state index contributed by atoms with van der Waals surface area (Å²) < 4.78 is 5.39. The van der Waals surface area contributed by atoms with Gasteiger partial charge in [-0.25, -0.2) is 0 Å². The molecule has 0 saturated heterocycles. The molecule has 0 unspecified atom stereocenters. The molecule has 0 aromatic rings. The summed E-state index contributed by atoms with van der Waals surface area (Å²) in [4.78, 5) is 11.1. The van der Waals surface area contributed by atoms with Gasteiger partial charge in [0.2, 0.25) is 5.91 Å². The SMILES string of the molecule is C=CCO/C(=C\C(=C)C1(CO)CCCC1)NC(C)=O. The number of rotatable bonds is 7. The first kappa shape index (κ1) is 15.5. The Balaban J connectivity index is 2.83. The molecule has 1 fully saturated rings. The average molecular weight is 265 g/mol. The zero-order valence-electron chi connectivity index (χ0n) is 11.6. The summed E-state index contributed by atoms with van der Waals surface area (Å²) in [5, 5.41) is 12.2. The minimum Gasteiger partial charge on any atom is -0.475 e. The Morgan fingerprint density at radius 1 is 1.47 bits per heavy atom. The second-order valence-electron chi connectivity index (χ2n) is 4.96. The zero-order valence-corrected chi connectivity index (χ0v) is 11.6. The highest BCUT2D eigenvalue weighted by atomic mass is 16.5. The Hall–Kier alpha value is -1.55. The number of hydrogen-bond acceptors (Lipinski definition) is 3. The lowest BCUT2D eigenvalue weighted by molar-refractivity contribution is -0.119. The third-order valence-electron chi connectivity index (χ3n) is 3.51. The van der Waals surface area contributed by atoms with Crippen molar-refractivity contribution in [1.82, 2.24) is 5.32 Å². The van der Waals surface area contributed by atoms with Crippen molar-refractivity contribution in [3.63, 3.8) is 0 Å². The smallest absolute Gasteiger partial charge is 0.223 e. The van der Waals surface area contributed by atoms with Crippen molar-refractivity contribution in [2.75, 3.05) is 13.2 Å². The van der Waals surface area contributed by atoms with Gasteiger partial charge in [-0.3, -0.25) is 10.1 Å². The van der Waals surface area contributed by atoms with Crippen LogP contribution in [-0.4, -0.2) is 24.2 Å². The number of aliphatic hydroxyl groups is 1. The summed E-state index contributed by atoms with van der Waals surface area (Å²) in [6.07, 6.45) is 7.36. The van der Waals surface area contributed by atoms with Crippen LogP contribution in [0.3, 0.4) is 0 Å². The van der Waals surface area contributed by atoms with Crippen LogP contribution in [0.15, 0.2) is 36.8 Å². The van der Waals surface area contributed by atoms with Gasteiger partial charge in [0.05, 0.1) is 6.61 Å². The number of aliphatic hydroxyl groups excluding tert-OH is 1. The van der Waals surface area contributed by atoms with E-state index in [1.54, 1.807) is 12.2 Å². The minimum atomic E-state index is -0.263. The number of amides is 1. The van der Waals surface area contributed by atoms with E-state index in [1.165, 1.54) is 6.92 Å². The third kappa shape index (κ3) is 4.24. The molecule has 0 bridgehead atoms. The zero-order chi connectivity index (χ0) is 14.3. The lowest BCUT2D eigenvalue weighted by Gasteiger charge is -2.27. The second kappa shape index (κ2) is 7.14. The van der Waals surface area contributed by atoms with Crippen LogP contribution < -0.4 is 5.32 Å². The third-order valence-corrected chi connectivity index (χ3v) is 3.51. The summed E-state index contributed by atoms with van der Waals surface area (Å²) in [5.74, 6) is 0.157. The molecule has 1 aliphatic carbocycles. The summed E-state index contributed by atoms with van der Waals surface area (Å²) >= 11 is 0. The number of allylic oxidation sites excluding steroid dienone is 1. The van der Waals surface area contributed by atoms with Gasteiger partial charge in [0.15, 0.2) is 5.88 Å². The first-order valence-electron chi connectivity index (χ1n) is 6.57. The molecule has 0 radical (unpaired) electrons. The lowest BCUT2D eigenvalue weighted by atomic mass is 9.80. The van der Waals surface area contributed by atoms with Crippen LogP contribution in [0, 0.1) is 5.41 Å². The van der Waals surface area contributed by atoms with E-state index < -0.39 is 0 Å². The Labute approximate surface area is 114 Å². The van der Waals surface area contributed by atoms with Gasteiger partial charge in [-0.2, -0.15) is 0 Å². The maximum absolute atomic E-state index is 11.1. The first-order valence-corrected chi connectivity index (χ1v) is 6.57. The fourth-order valence-electron chi connectivity index (χ4n) is 2.38. The number of carbonyl (C=O) groups excluding carboxylic acids is 1. The molecule has 0 spiro atoms. The van der Waals surface area contributed by atoms with E-state index in [-0.39, 0.29) is 17.9 Å². The molecule has 19 heavy (non-hydrogen) atoms. The van der Waals surface area contributed by atoms with Crippen LogP contribution in [0.2, 0.25) is 0 Å². The monoisotopic (exact) mass is 265 g/mol. The largest absolute Gasteiger partial charge is 0.475 e. The topological polar surface area (TPSA) is 58.6 Å². The van der Waals surface area contributed by atoms with Crippen molar-refractivity contribution in [1.29, 1.82) is 0 Å². The predicted octanol–water partition coefficient (Wildman–Crippen LogP) is 2.28. The van der Waals surface area contributed by atoms with Gasteiger partial charge in [-0.15, -0.1) is 0 Å². The van der Waals surface area contributed by atoms with Gasteiger partial charge in [0.25, 0.3) is 0 Å². The molecule has 1 saturated carbocycles. The van der Waals surface area contributed by atoms with Crippen molar-refractivity contribution in [2.45, 2.75) is 32.6 Å². The van der Waals surface area contributed by atoms with Crippen LogP contribution in [0.5, 0.6) is 0 Å². The van der Waals surface area contributed by atoms with Gasteiger partial charge < -0.3 is 9.84 Å². The molecular weight excluding hydrogens is 242 g/mol. The van der Waals surface area contributed by atoms with Crippen molar-refractivity contribution >= 4 is 5.91 Å². The summed E-state index contributed by atoms with van der Waals surface area (Å²) in [7, 11) is 0. The van der Waals surface area contributed by atoms with Gasteiger partial charge in [0.1, 0.15) is 6.61 Å². The summed E-state index contributed by atoms with van der Waals surface area (Å²) in [6.45, 7) is 9.43. The molecule has 2 N–H and O–H groups in total. The molecular formula is C15H23NO3. The van der Waals surface area contributed by atoms with Crippen LogP contribution >= 0.6 is 0 Å². The van der Waals surface area contributed by atoms with Crippen molar-refractivity contribution in [3.05, 3.63) is 36.8 Å². The molecule has 4 nitrogen and oxygen atoms in total. The molecule has 1 amide bonds. The van der Waals surface area contributed by atoms with Crippen molar-refractivity contribution in [3.8, 4) is 0 Å². The normalized spacial score (nSPS) is 17.9. The fourth-order valence-corrected chi connectivity index (χ4v) is 2.38. The quantitative estimate of drug-likeness (QED) is 0.422. The Kier molecular flexibility index (Phi) is 5.83. The van der Waals surface area contributed by atoms with E-state index in [2.05, 4.69) is 18.5 Å². The van der Waals surface area contributed by atoms with Gasteiger partial charge in [-0.05, 0) is 18.4 Å². The van der Waals surface area contributed by atoms with E-state index in [0.717, 1.165) is 31.3 Å². The molecule has 0 aromatic heterocycles. The number of ether oxygens (including phenoxy) is 1. The molecule has 0 aromatic carbocycles. The number of hydrogen-bond donors (Lipinski definition) is 2. The van der Waals surface area contributed by atoms with E-state index >= 15 is 0 Å². The van der Waals surface area contributed by atoms with E-state index in [9.17, 15) is 9.90 Å². The Bertz CT molecular complexity index is 379.